The first-order valence-corrected chi connectivity index (χ1v) is 36.6. The van der Waals surface area contributed by atoms with Crippen molar-refractivity contribution in [3.63, 3.8) is 0 Å². The van der Waals surface area contributed by atoms with E-state index in [2.05, 4.69) is 31.9 Å². The second-order valence-corrected chi connectivity index (χ2v) is 28.0. The summed E-state index contributed by atoms with van der Waals surface area (Å²) in [6, 6.07) is 4.37. The van der Waals surface area contributed by atoms with E-state index in [-0.39, 0.29) is 111 Å². The average molecular weight is 1490 g/mol. The number of nitrogens with two attached hydrogens (primary N) is 1. The number of carboxylic acid groups (broad SMARTS) is 2. The summed E-state index contributed by atoms with van der Waals surface area (Å²) in [5.41, 5.74) is 6.12. The van der Waals surface area contributed by atoms with Crippen molar-refractivity contribution in [3.8, 4) is 23.0 Å². The molecule has 3 aromatic carbocycles. The largest absolute Gasteiger partial charge is 0.508 e. The van der Waals surface area contributed by atoms with Gasteiger partial charge in [0.25, 0.3) is 0 Å². The number of rotatable bonds is 15. The third-order valence-corrected chi connectivity index (χ3v) is 20.1. The predicted octanol–water partition coefficient (Wildman–Crippen LogP) is 2.61. The van der Waals surface area contributed by atoms with E-state index in [9.17, 15) is 87.9 Å². The molecule has 10 amide bonds. The Kier molecular flexibility index (Phi) is 27.4. The first-order valence-electron chi connectivity index (χ1n) is 36.2. The van der Waals surface area contributed by atoms with Crippen molar-refractivity contribution >= 4 is 100.0 Å². The van der Waals surface area contributed by atoms with E-state index in [1.165, 1.54) is 57.7 Å². The van der Waals surface area contributed by atoms with Gasteiger partial charge in [0.05, 0.1) is 24.8 Å². The van der Waals surface area contributed by atoms with Crippen LogP contribution in [0.5, 0.6) is 23.0 Å². The number of anilines is 1. The Labute approximate surface area is 617 Å². The van der Waals surface area contributed by atoms with Crippen LogP contribution in [0.25, 0.3) is 0 Å². The van der Waals surface area contributed by atoms with Crippen LogP contribution < -0.4 is 42.4 Å². The number of hydrogen-bond donors (Lipinski definition) is 12. The number of allylic oxidation sites excluding steroid dienone is 2. The number of ether oxygens (including phenoxy) is 2. The minimum Gasteiger partial charge on any atom is -0.508 e. The number of unbranched alkanes of at least 4 members (excludes halogenated alkanes) is 1. The fraction of sp³-hybridized carbons (Fsp3) is 0.534. The standard InChI is InChI=1S/C73H94N12O20S/c1-42-67(99)85-36-16-19-55(85)70(102)84-35-15-17-53(84)64(96)79-51(27-29-61(92)93)68(100)82(40-58(74)89)33-13-9-7-5-3-4-6-8-12-32-81(41-59(90)78-52(28-30-62(94)95)69(101)83-34-14-18-54(83)65(97)80-63(43(2)86)66(98)76-42)60(91)20-10-11-31-75-72(106)77-44-21-24-47-50(37-44)73(105-71(47)103)48-25-22-45(87)38-56(48)104-57-39-46(88)23-26-49(57)73/h4,6,21-26,37-39,42-43,51-55,63,86-88H,3,5,7-20,27-36,40-41H2,1-2H3,(H2,74,89)(H,76,98)(H,78,90)(H,79,96)(H,80,97)(H,92,93)(H,94,95)(H2,75,77,106)/b6-4-/t42-,43+,51-,52-,53-,54-,55-,63-/m0/s1. The number of phenols is 2. The number of primary amides is 1. The number of aliphatic hydroxyl groups is 1. The predicted molar refractivity (Wildman–Crippen MR) is 383 cm³/mol. The highest BCUT2D eigenvalue weighted by molar-refractivity contribution is 7.80. The smallest absolute Gasteiger partial charge is 0.340 e. The molecule has 3 saturated heterocycles. The van der Waals surface area contributed by atoms with Gasteiger partial charge in [-0.05, 0) is 165 Å². The quantitative estimate of drug-likeness (QED) is 0.0450. The van der Waals surface area contributed by atoms with Gasteiger partial charge in [-0.1, -0.05) is 25.0 Å². The Balaban J connectivity index is 0.878. The van der Waals surface area contributed by atoms with Gasteiger partial charge in [-0.2, -0.15) is 0 Å². The number of carbonyl (C=O) groups excluding carboxylic acids is 11. The lowest BCUT2D eigenvalue weighted by molar-refractivity contribution is -0.148. The SMILES string of the molecule is C[C@@H]1NC(=O)[C@H]([C@@H](C)O)NC(=O)[C@@H]2CCCN2C(=O)[C@H](CCC(=O)O)NC(=O)CN(C(=O)CCCCNC(=S)Nc2ccc3c(c2)C2(OC3=O)c3ccc(O)cc3Oc3cc(O)ccc32)CCC/C=C\CCCCCCN(CC(N)=O)C(=O)[C@H](CCC(=O)O)NC(=O)[C@@H]2CCCN2C(=O)[C@@H]2CCCN2C1=O. The van der Waals surface area contributed by atoms with Crippen molar-refractivity contribution in [2.24, 2.45) is 5.73 Å². The number of phenolic OH excluding ortho intramolecular Hbond substituents is 2. The number of nitrogens with zero attached hydrogens (tertiary/aromatic N) is 5. The van der Waals surface area contributed by atoms with Crippen LogP contribution in [0, 0.1) is 0 Å². The molecule has 106 heavy (non-hydrogen) atoms. The van der Waals surface area contributed by atoms with Crippen LogP contribution in [0.2, 0.25) is 0 Å². The maximum Gasteiger partial charge on any atom is 0.340 e. The normalized spacial score (nSPS) is 23.8. The molecule has 13 N–H and O–H groups in total. The molecule has 0 bridgehead atoms. The number of carbonyl (C=O) groups is 13. The van der Waals surface area contributed by atoms with Crippen LogP contribution in [0.15, 0.2) is 66.7 Å². The monoisotopic (exact) mass is 1490 g/mol. The van der Waals surface area contributed by atoms with E-state index < -0.39 is 163 Å². The number of carboxylic acids is 2. The zero-order valence-corrected chi connectivity index (χ0v) is 60.2. The molecule has 0 radical (unpaired) electrons. The highest BCUT2D eigenvalue weighted by atomic mass is 32.1. The number of fused-ring (bicyclic) bond motifs is 9. The summed E-state index contributed by atoms with van der Waals surface area (Å²) in [6.07, 6.45) is 6.55. The van der Waals surface area contributed by atoms with Crippen molar-refractivity contribution in [1.82, 2.24) is 51.1 Å². The van der Waals surface area contributed by atoms with Crippen LogP contribution in [-0.2, 0) is 67.9 Å². The summed E-state index contributed by atoms with van der Waals surface area (Å²) in [7, 11) is 0. The molecule has 1 spiro atoms. The molecule has 572 valence electrons. The molecule has 9 rings (SSSR count). The lowest BCUT2D eigenvalue weighted by Gasteiger charge is -2.36. The van der Waals surface area contributed by atoms with Crippen molar-refractivity contribution in [1.29, 1.82) is 0 Å². The summed E-state index contributed by atoms with van der Waals surface area (Å²) in [4.78, 5) is 184. The van der Waals surface area contributed by atoms with Crippen molar-refractivity contribution < 1.29 is 97.3 Å². The minimum absolute atomic E-state index is 0.0160. The number of aliphatic carboxylic acids is 2. The van der Waals surface area contributed by atoms with Crippen LogP contribution in [0.3, 0.4) is 0 Å². The Morgan fingerprint density at radius 1 is 0.623 bits per heavy atom. The minimum atomic E-state index is -1.70. The van der Waals surface area contributed by atoms with Gasteiger partial charge in [-0.15, -0.1) is 0 Å². The maximum absolute atomic E-state index is 14.6. The van der Waals surface area contributed by atoms with Crippen LogP contribution >= 0.6 is 12.2 Å². The molecule has 33 heteroatoms. The van der Waals surface area contributed by atoms with Crippen LogP contribution in [0.4, 0.5) is 5.69 Å². The summed E-state index contributed by atoms with van der Waals surface area (Å²) in [5.74, 6) is -10.4. The molecule has 0 aromatic heterocycles. The van der Waals surface area contributed by atoms with Crippen molar-refractivity contribution in [2.75, 3.05) is 57.7 Å². The third-order valence-electron chi connectivity index (χ3n) is 19.8. The molecule has 0 unspecified atom stereocenters. The first kappa shape index (κ1) is 79.7. The van der Waals surface area contributed by atoms with Gasteiger partial charge in [0.2, 0.25) is 59.1 Å². The van der Waals surface area contributed by atoms with Gasteiger partial charge >= 0.3 is 17.9 Å². The molecule has 6 aliphatic heterocycles. The number of hydrogen-bond acceptors (Lipinski definition) is 19. The molecular formula is C73H94N12O20S. The fourth-order valence-electron chi connectivity index (χ4n) is 14.5. The number of aliphatic hydroxyl groups excluding tert-OH is 1. The van der Waals surface area contributed by atoms with Crippen molar-refractivity contribution in [2.45, 2.75) is 196 Å². The van der Waals surface area contributed by atoms with E-state index in [1.807, 2.05) is 12.2 Å². The van der Waals surface area contributed by atoms with Crippen LogP contribution in [0.1, 0.15) is 169 Å². The maximum atomic E-state index is 14.6. The lowest BCUT2D eigenvalue weighted by Crippen LogP contribution is -2.61. The van der Waals surface area contributed by atoms with Crippen LogP contribution in [-0.4, -0.2) is 233 Å². The second-order valence-electron chi connectivity index (χ2n) is 27.6. The zero-order chi connectivity index (χ0) is 76.5. The Morgan fingerprint density at radius 3 is 1.81 bits per heavy atom. The molecule has 8 atom stereocenters. The molecule has 3 fully saturated rings. The number of benzene rings is 3. The summed E-state index contributed by atoms with van der Waals surface area (Å²) in [5, 5.41) is 67.9. The molecule has 32 nitrogen and oxygen atoms in total. The molecule has 0 saturated carbocycles. The first-order chi connectivity index (χ1) is 50.6. The van der Waals surface area contributed by atoms with Gasteiger partial charge < -0.3 is 97.1 Å². The molecule has 6 aliphatic rings. The van der Waals surface area contributed by atoms with Gasteiger partial charge in [0.15, 0.2) is 10.7 Å². The number of aromatic hydroxyl groups is 2. The number of esters is 1. The van der Waals surface area contributed by atoms with Gasteiger partial charge in [0.1, 0.15) is 65.3 Å². The molecule has 3 aromatic rings. The number of thiocarbonyl (C=S) groups is 1. The van der Waals surface area contributed by atoms with E-state index >= 15 is 0 Å². The lowest BCUT2D eigenvalue weighted by atomic mass is 9.77. The van der Waals surface area contributed by atoms with Crippen molar-refractivity contribution in [3.05, 3.63) is 89.0 Å². The Bertz CT molecular complexity index is 3840. The fourth-order valence-corrected chi connectivity index (χ4v) is 14.7. The molecule has 6 heterocycles. The highest BCUT2D eigenvalue weighted by Gasteiger charge is 2.54. The van der Waals surface area contributed by atoms with E-state index in [1.54, 1.807) is 30.3 Å². The second kappa shape index (κ2) is 36.5. The van der Waals surface area contributed by atoms with E-state index in [0.29, 0.717) is 86.6 Å². The highest BCUT2D eigenvalue weighted by Crippen LogP contribution is 2.57. The van der Waals surface area contributed by atoms with E-state index in [4.69, 9.17) is 27.4 Å². The average Bonchev–Trinajstić information content (AvgIpc) is 1.47. The third kappa shape index (κ3) is 19.7. The van der Waals surface area contributed by atoms with E-state index in [0.717, 1.165) is 11.3 Å². The van der Waals surface area contributed by atoms with Gasteiger partial charge in [0, 0.05) is 93.0 Å². The summed E-state index contributed by atoms with van der Waals surface area (Å²) >= 11 is 5.68. The Hall–Kier alpha value is -10.4. The topological polar surface area (TPSA) is 456 Å². The van der Waals surface area contributed by atoms with Gasteiger partial charge in [-0.25, -0.2) is 4.79 Å². The van der Waals surface area contributed by atoms with Gasteiger partial charge in [-0.3, -0.25) is 57.5 Å². The number of amides is 10. The number of nitrogens with one attached hydrogen (secondary N) is 6. The Morgan fingerprint density at radius 2 is 1.20 bits per heavy atom. The summed E-state index contributed by atoms with van der Waals surface area (Å²) in [6.45, 7) is 2.11. The molecular weight excluding hydrogens is 1400 g/mol. The molecule has 0 aliphatic carbocycles. The summed E-state index contributed by atoms with van der Waals surface area (Å²) < 4.78 is 12.3. The zero-order valence-electron chi connectivity index (χ0n) is 59.4.